The van der Waals surface area contributed by atoms with Crippen molar-refractivity contribution in [3.8, 4) is 0 Å². The number of piperidine rings is 2. The van der Waals surface area contributed by atoms with Gasteiger partial charge in [0.1, 0.15) is 5.78 Å². The van der Waals surface area contributed by atoms with E-state index in [9.17, 15) is 41.9 Å². The largest absolute Gasteiger partial charge is 1.00 e. The number of alkyl halides is 3. The quantitative estimate of drug-likeness (QED) is 0.121. The summed E-state index contributed by atoms with van der Waals surface area (Å²) in [5.41, 5.74) is 11.2. The first-order valence-corrected chi connectivity index (χ1v) is 19.2. The van der Waals surface area contributed by atoms with Crippen molar-refractivity contribution in [1.82, 2.24) is 16.0 Å². The summed E-state index contributed by atoms with van der Waals surface area (Å²) >= 11 is 0. The fraction of sp³-hybridized carbons (Fsp3) is 0.452. The Bertz CT molecular complexity index is 1800. The number of hydrogen-bond donors (Lipinski definition) is 5. The molecule has 3 radical (unpaired) electrons. The molecule has 2 heterocycles. The molecule has 5 unspecified atom stereocenters. The molecule has 0 spiro atoms. The summed E-state index contributed by atoms with van der Waals surface area (Å²) in [4.78, 5) is 77.8. The Morgan fingerprint density at radius 2 is 1.21 bits per heavy atom. The van der Waals surface area contributed by atoms with E-state index in [0.29, 0.717) is 49.3 Å². The van der Waals surface area contributed by atoms with Crippen molar-refractivity contribution in [3.63, 3.8) is 0 Å². The maximum absolute atomic E-state index is 11.4. The van der Waals surface area contributed by atoms with Gasteiger partial charge < -0.3 is 39.5 Å². The van der Waals surface area contributed by atoms with Crippen molar-refractivity contribution in [2.45, 2.75) is 97.4 Å². The Balaban J connectivity index is 0. The second-order valence-corrected chi connectivity index (χ2v) is 14.1. The molecule has 341 valence electrons. The van der Waals surface area contributed by atoms with Gasteiger partial charge in [-0.25, -0.2) is 24.2 Å². The monoisotopic (exact) mass is 917 g/mol. The Hall–Kier alpha value is -4.53. The van der Waals surface area contributed by atoms with Gasteiger partial charge in [-0.15, -0.1) is 12.4 Å². The molecule has 2 amide bonds. The van der Waals surface area contributed by atoms with Crippen LogP contribution in [0.2, 0.25) is 0 Å². The van der Waals surface area contributed by atoms with Crippen LogP contribution in [-0.2, 0) is 48.0 Å². The van der Waals surface area contributed by atoms with E-state index in [2.05, 4.69) is 113 Å². The van der Waals surface area contributed by atoms with Crippen molar-refractivity contribution in [2.75, 3.05) is 13.1 Å². The van der Waals surface area contributed by atoms with Crippen LogP contribution < -0.4 is 51.2 Å². The number of amides is 2. The van der Waals surface area contributed by atoms with Gasteiger partial charge in [0, 0.05) is 64.8 Å². The number of Topliss-reactive ketones (excluding diaryl/α,β-unsaturated/α-hetero) is 1. The maximum Gasteiger partial charge on any atom is 1.00 e. The molecule has 21 heteroatoms. The van der Waals surface area contributed by atoms with Gasteiger partial charge in [-0.2, -0.15) is 13.2 Å². The van der Waals surface area contributed by atoms with E-state index in [1.807, 2.05) is 12.1 Å². The standard InChI is InChI=1S/C17H22N2O.C12H15N.C5H7NO2.C4H6O4.C2H3BO2.C2HF3O2.ClH.Na/c1-12(9-13-5-3-2-4-6-13)15-11-16(15)19-14-7-8-18-17(20)10-14;1-9(11-8-12(11)13)7-10-5-3-2-4-6-10;7-4-1-2-6-5(8)3-4;1-3(5)7-8-4(2)6;1-2(4)5-3;3-2(4,5)1(6)7;;/h2-6,9,14-16,19H,7-8,10-11H2,1H3,(H,18,20);2-7,11-12H,8,13H2,1H3;1-3H2,(H,6,8);1-2H3;1H3;(H,6,7);1H;/q;;;;-1;;;+1/b12-9+;9-7+;;;;;;. The van der Waals surface area contributed by atoms with Crippen LogP contribution in [0.1, 0.15) is 84.3 Å². The molecule has 6 N–H and O–H groups in total. The molecule has 4 aliphatic rings. The zero-order valence-electron chi connectivity index (χ0n) is 36.2. The van der Waals surface area contributed by atoms with Crippen LogP contribution in [0.4, 0.5) is 13.2 Å². The molecule has 5 atom stereocenters. The molecule has 63 heavy (non-hydrogen) atoms. The summed E-state index contributed by atoms with van der Waals surface area (Å²) in [6.07, 6.45) is 4.06. The summed E-state index contributed by atoms with van der Waals surface area (Å²) in [6.45, 7) is 9.24. The normalized spacial score (nSPS) is 20.5. The summed E-state index contributed by atoms with van der Waals surface area (Å²) in [5.74, 6) is -3.13. The molecule has 2 aromatic carbocycles. The van der Waals surface area contributed by atoms with Crippen LogP contribution in [0.25, 0.3) is 12.2 Å². The minimum atomic E-state index is -5.08. The molecular formula is C42H55BClF3N4NaO11. The van der Waals surface area contributed by atoms with Gasteiger partial charge in [0.25, 0.3) is 0 Å². The van der Waals surface area contributed by atoms with Gasteiger partial charge in [-0.1, -0.05) is 84.0 Å². The number of ketones is 1. The van der Waals surface area contributed by atoms with Crippen molar-refractivity contribution in [3.05, 3.63) is 82.9 Å². The third-order valence-electron chi connectivity index (χ3n) is 8.65. The van der Waals surface area contributed by atoms with Crippen LogP contribution in [0.15, 0.2) is 71.8 Å². The zero-order valence-corrected chi connectivity index (χ0v) is 39.0. The topological polar surface area (TPSA) is 230 Å². The number of nitrogens with two attached hydrogens (primary N) is 1. The van der Waals surface area contributed by atoms with Crippen molar-refractivity contribution >= 4 is 74.1 Å². The first-order valence-electron chi connectivity index (χ1n) is 19.2. The van der Waals surface area contributed by atoms with Crippen molar-refractivity contribution in [1.29, 1.82) is 0 Å². The van der Waals surface area contributed by atoms with Gasteiger partial charge in [0.15, 0.2) is 0 Å². The summed E-state index contributed by atoms with van der Waals surface area (Å²) < 4.78 is 35.3. The van der Waals surface area contributed by atoms with E-state index in [0.717, 1.165) is 33.2 Å². The van der Waals surface area contributed by atoms with E-state index >= 15 is 0 Å². The molecule has 2 aromatic rings. The van der Waals surface area contributed by atoms with Crippen LogP contribution >= 0.6 is 12.4 Å². The molecule has 4 fully saturated rings. The second-order valence-electron chi connectivity index (χ2n) is 14.1. The number of carboxylic acids is 1. The summed E-state index contributed by atoms with van der Waals surface area (Å²) in [5, 5.41) is 16.2. The Kier molecular flexibility index (Phi) is 30.9. The molecule has 2 saturated carbocycles. The van der Waals surface area contributed by atoms with E-state index < -0.39 is 30.1 Å². The predicted octanol–water partition coefficient (Wildman–Crippen LogP) is 1.97. The summed E-state index contributed by atoms with van der Waals surface area (Å²) in [6, 6.07) is 22.2. The minimum absolute atomic E-state index is 0. The van der Waals surface area contributed by atoms with Gasteiger partial charge in [0.2, 0.25) is 17.8 Å². The molecule has 6 rings (SSSR count). The van der Waals surface area contributed by atoms with Gasteiger partial charge in [0.05, 0.1) is 6.42 Å². The molecule has 2 aliphatic carbocycles. The minimum Gasteiger partial charge on any atom is -0.793 e. The number of benzene rings is 2. The molecule has 15 nitrogen and oxygen atoms in total. The molecular weight excluding hydrogens is 863 g/mol. The second kappa shape index (κ2) is 32.2. The maximum atomic E-state index is 11.4. The Morgan fingerprint density at radius 3 is 1.54 bits per heavy atom. The van der Waals surface area contributed by atoms with Gasteiger partial charge in [-0.05, 0) is 56.1 Å². The molecule has 0 aromatic heterocycles. The number of carbonyl (C=O) groups excluding carboxylic acids is 6. The average Bonchev–Trinajstić information content (AvgIpc) is 4.13. The predicted molar refractivity (Wildman–Crippen MR) is 227 cm³/mol. The van der Waals surface area contributed by atoms with E-state index in [-0.39, 0.29) is 66.0 Å². The van der Waals surface area contributed by atoms with Crippen LogP contribution in [0, 0.1) is 11.8 Å². The average molecular weight is 918 g/mol. The SMILES string of the molecule is C/C(=C\c1ccccc1)C1CC1N.C/C(=C\c1ccccc1)C1CC1NC1CCNC(=O)C1.CC(=O)OOC(C)=O.Cl.O=C(O)C(F)(F)F.O=C1CCNC(=O)C1.[B-]OC(C)=O.[Na+]. The van der Waals surface area contributed by atoms with Crippen molar-refractivity contribution < 1.29 is 95.8 Å². The number of halogens is 4. The van der Waals surface area contributed by atoms with Crippen LogP contribution in [0.3, 0.4) is 0 Å². The number of aliphatic carboxylic acids is 1. The fourth-order valence-electron chi connectivity index (χ4n) is 5.48. The third kappa shape index (κ3) is 30.2. The zero-order chi connectivity index (χ0) is 46.1. The summed E-state index contributed by atoms with van der Waals surface area (Å²) in [7, 11) is 4.32. The van der Waals surface area contributed by atoms with Crippen LogP contribution in [-0.4, -0.2) is 92.0 Å². The number of nitrogens with one attached hydrogen (secondary N) is 3. The van der Waals surface area contributed by atoms with E-state index in [4.69, 9.17) is 15.6 Å². The van der Waals surface area contributed by atoms with Crippen LogP contribution in [0.5, 0.6) is 0 Å². The van der Waals surface area contributed by atoms with Crippen molar-refractivity contribution in [2.24, 2.45) is 17.6 Å². The van der Waals surface area contributed by atoms with Gasteiger partial charge in [-0.3, -0.25) is 19.2 Å². The van der Waals surface area contributed by atoms with Gasteiger partial charge >= 0.3 is 53.6 Å². The number of hydrogen-bond acceptors (Lipinski definition) is 12. The van der Waals surface area contributed by atoms with E-state index in [1.165, 1.54) is 35.6 Å². The van der Waals surface area contributed by atoms with E-state index in [1.54, 1.807) is 0 Å². The molecule has 2 aliphatic heterocycles. The molecule has 0 bridgehead atoms. The first kappa shape index (κ1) is 60.6. The third-order valence-corrected chi connectivity index (χ3v) is 8.65. The fourth-order valence-corrected chi connectivity index (χ4v) is 5.48. The number of rotatable bonds is 6. The first-order chi connectivity index (χ1) is 28.6. The Morgan fingerprint density at radius 1 is 0.778 bits per heavy atom. The smallest absolute Gasteiger partial charge is 0.793 e. The Labute approximate surface area is 394 Å². The number of carboxylic acid groups (broad SMARTS) is 1. The molecule has 2 saturated heterocycles. The number of carbonyl (C=O) groups is 7.